The van der Waals surface area contributed by atoms with Crippen molar-refractivity contribution in [3.8, 4) is 0 Å². The van der Waals surface area contributed by atoms with Crippen LogP contribution in [0.5, 0.6) is 0 Å². The van der Waals surface area contributed by atoms with E-state index in [1.54, 1.807) is 6.41 Å². The van der Waals surface area contributed by atoms with Gasteiger partial charge in [0.1, 0.15) is 0 Å². The highest BCUT2D eigenvalue weighted by Crippen LogP contribution is 1.76. The lowest BCUT2D eigenvalue weighted by molar-refractivity contribution is 0.223. The van der Waals surface area contributed by atoms with E-state index in [0.717, 1.165) is 6.54 Å². The summed E-state index contributed by atoms with van der Waals surface area (Å²) in [6.45, 7) is 2.12. The molecule has 0 fully saturated rings. The summed E-state index contributed by atoms with van der Waals surface area (Å²) < 4.78 is 0. The average molecular weight is 145 g/mol. The van der Waals surface area contributed by atoms with Crippen molar-refractivity contribution in [2.75, 3.05) is 33.3 Å². The fraction of sp³-hybridized carbons (Fsp3) is 0.833. The molecule has 1 amide bonds. The van der Waals surface area contributed by atoms with Crippen molar-refractivity contribution >= 4 is 6.41 Å². The van der Waals surface area contributed by atoms with Gasteiger partial charge in [0.05, 0.1) is 6.61 Å². The van der Waals surface area contributed by atoms with Crippen LogP contribution in [0.25, 0.3) is 0 Å². The number of carbonyl (C=O) groups excluding carboxylic acids is 1. The van der Waals surface area contributed by atoms with Crippen LogP contribution in [0.1, 0.15) is 0 Å². The predicted molar refractivity (Wildman–Crippen MR) is 38.3 cm³/mol. The van der Waals surface area contributed by atoms with E-state index in [9.17, 15) is 4.79 Å². The lowest BCUT2D eigenvalue weighted by atomic mass is 10.5. The van der Waals surface area contributed by atoms with Crippen molar-refractivity contribution in [3.05, 3.63) is 0 Å². The average Bonchev–Trinajstić information content (AvgIpc) is 1.89. The highest BCUT2D eigenvalue weighted by molar-refractivity contribution is 5.46. The van der Waals surface area contributed by atoms with E-state index in [4.69, 9.17) is 5.11 Å². The Morgan fingerprint density at radius 3 is 2.80 bits per heavy atom. The fourth-order valence-corrected chi connectivity index (χ4v) is 0.580. The fourth-order valence-electron chi connectivity index (χ4n) is 0.580. The number of hydrogen-bond acceptors (Lipinski definition) is 3. The molecule has 0 bridgehead atoms. The van der Waals surface area contributed by atoms with Gasteiger partial charge in [0.2, 0.25) is 0 Å². The second kappa shape index (κ2) is 6.51. The molecule has 0 aliphatic rings. The van der Waals surface area contributed by atoms with Crippen molar-refractivity contribution in [2.24, 2.45) is 0 Å². The molecule has 0 heterocycles. The molecule has 0 atom stereocenters. The normalized spacial score (nSPS) is 9.90. The van der Waals surface area contributed by atoms with E-state index in [1.165, 1.54) is 0 Å². The number of nitrogens with one attached hydrogen (secondary N) is 1. The predicted octanol–water partition coefficient (Wildman–Crippen LogP) is -1.43. The van der Waals surface area contributed by atoms with Crippen LogP contribution in [0.3, 0.4) is 0 Å². The number of amides is 1. The van der Waals surface area contributed by atoms with Crippen LogP contribution in [-0.4, -0.2) is 49.7 Å². The van der Waals surface area contributed by atoms with Crippen LogP contribution in [-0.2, 0) is 4.79 Å². The number of likely N-dealkylation sites (N-methyl/N-ethyl adjacent to an activating group) is 1. The zero-order valence-corrected chi connectivity index (χ0v) is 6.13. The van der Waals surface area contributed by atoms with Crippen molar-refractivity contribution in [3.63, 3.8) is 0 Å². The zero-order valence-electron chi connectivity index (χ0n) is 6.13. The van der Waals surface area contributed by atoms with Crippen LogP contribution in [0.4, 0.5) is 0 Å². The van der Waals surface area contributed by atoms with Gasteiger partial charge in [0.15, 0.2) is 0 Å². The Hall–Kier alpha value is -0.610. The lowest BCUT2D eigenvalue weighted by Gasteiger charge is -2.13. The van der Waals surface area contributed by atoms with Gasteiger partial charge in [-0.1, -0.05) is 0 Å². The molecule has 0 saturated heterocycles. The molecule has 1 radical (unpaired) electrons. The molecular formula is C6H13N2O2. The van der Waals surface area contributed by atoms with Crippen molar-refractivity contribution < 1.29 is 9.90 Å². The van der Waals surface area contributed by atoms with Gasteiger partial charge in [0.25, 0.3) is 0 Å². The van der Waals surface area contributed by atoms with E-state index in [0.29, 0.717) is 13.1 Å². The van der Waals surface area contributed by atoms with Crippen LogP contribution in [0.2, 0.25) is 0 Å². The smallest absolute Gasteiger partial charge is 0.309 e. The van der Waals surface area contributed by atoms with Gasteiger partial charge < -0.3 is 15.3 Å². The minimum atomic E-state index is 0.154. The molecule has 59 valence electrons. The van der Waals surface area contributed by atoms with E-state index in [1.807, 2.05) is 11.9 Å². The summed E-state index contributed by atoms with van der Waals surface area (Å²) >= 11 is 0. The summed E-state index contributed by atoms with van der Waals surface area (Å²) in [5, 5.41) is 10.9. The van der Waals surface area contributed by atoms with Gasteiger partial charge in [-0.05, 0) is 7.05 Å². The van der Waals surface area contributed by atoms with Gasteiger partial charge in [-0.15, -0.1) is 0 Å². The Balaban J connectivity index is 3.04. The molecule has 0 aliphatic carbocycles. The SMILES string of the molecule is CN(CCO)CCN[C]=O. The summed E-state index contributed by atoms with van der Waals surface area (Å²) in [5.74, 6) is 0. The van der Waals surface area contributed by atoms with Gasteiger partial charge in [-0.25, -0.2) is 0 Å². The molecule has 2 N–H and O–H groups in total. The van der Waals surface area contributed by atoms with Crippen molar-refractivity contribution in [1.29, 1.82) is 0 Å². The molecule has 0 aromatic rings. The standard InChI is InChI=1S/C6H13N2O2/c1-8(4-5-9)3-2-7-6-10/h9H,2-5H2,1H3,(H,7,10). The van der Waals surface area contributed by atoms with Crippen LogP contribution in [0.15, 0.2) is 0 Å². The number of rotatable bonds is 6. The molecule has 0 aromatic carbocycles. The van der Waals surface area contributed by atoms with Crippen LogP contribution < -0.4 is 5.32 Å². The molecule has 0 spiro atoms. The lowest BCUT2D eigenvalue weighted by Crippen LogP contribution is -2.30. The van der Waals surface area contributed by atoms with Gasteiger partial charge in [0, 0.05) is 19.6 Å². The second-order valence-corrected chi connectivity index (χ2v) is 2.06. The number of nitrogens with zero attached hydrogens (tertiary/aromatic N) is 1. The van der Waals surface area contributed by atoms with Gasteiger partial charge >= 0.3 is 6.41 Å². The first-order valence-electron chi connectivity index (χ1n) is 3.20. The first-order valence-corrected chi connectivity index (χ1v) is 3.20. The van der Waals surface area contributed by atoms with Crippen molar-refractivity contribution in [2.45, 2.75) is 0 Å². The highest BCUT2D eigenvalue weighted by atomic mass is 16.3. The molecule has 0 rings (SSSR count). The molecule has 0 aromatic heterocycles. The highest BCUT2D eigenvalue weighted by Gasteiger charge is 1.93. The third-order valence-corrected chi connectivity index (χ3v) is 1.17. The van der Waals surface area contributed by atoms with Gasteiger partial charge in [-0.2, -0.15) is 0 Å². The maximum Gasteiger partial charge on any atom is 0.309 e. The Morgan fingerprint density at radius 1 is 1.60 bits per heavy atom. The van der Waals surface area contributed by atoms with E-state index < -0.39 is 0 Å². The Labute approximate surface area is 60.8 Å². The maximum atomic E-state index is 9.64. The summed E-state index contributed by atoms with van der Waals surface area (Å²) in [5.41, 5.74) is 0. The molecule has 4 nitrogen and oxygen atoms in total. The van der Waals surface area contributed by atoms with Gasteiger partial charge in [-0.3, -0.25) is 4.79 Å². The Kier molecular flexibility index (Phi) is 6.11. The molecule has 10 heavy (non-hydrogen) atoms. The zero-order chi connectivity index (χ0) is 7.82. The minimum absolute atomic E-state index is 0.154. The first-order chi connectivity index (χ1) is 4.81. The van der Waals surface area contributed by atoms with Crippen LogP contribution >= 0.6 is 0 Å². The number of hydrogen-bond donors (Lipinski definition) is 2. The summed E-state index contributed by atoms with van der Waals surface area (Å²) in [7, 11) is 1.88. The summed E-state index contributed by atoms with van der Waals surface area (Å²) in [6.07, 6.45) is 1.58. The van der Waals surface area contributed by atoms with Crippen LogP contribution in [0, 0.1) is 0 Å². The van der Waals surface area contributed by atoms with Crippen molar-refractivity contribution in [1.82, 2.24) is 10.2 Å². The quantitative estimate of drug-likeness (QED) is 0.356. The molecule has 0 aliphatic heterocycles. The third-order valence-electron chi connectivity index (χ3n) is 1.17. The molecular weight excluding hydrogens is 132 g/mol. The summed E-state index contributed by atoms with van der Waals surface area (Å²) in [6, 6.07) is 0. The third kappa shape index (κ3) is 5.53. The topological polar surface area (TPSA) is 52.6 Å². The number of aliphatic hydroxyl groups excluding tert-OH is 1. The largest absolute Gasteiger partial charge is 0.395 e. The monoisotopic (exact) mass is 145 g/mol. The molecule has 0 unspecified atom stereocenters. The second-order valence-electron chi connectivity index (χ2n) is 2.06. The Morgan fingerprint density at radius 2 is 2.30 bits per heavy atom. The van der Waals surface area contributed by atoms with E-state index in [-0.39, 0.29) is 6.61 Å². The molecule has 4 heteroatoms. The summed E-state index contributed by atoms with van der Waals surface area (Å²) in [4.78, 5) is 11.6. The van der Waals surface area contributed by atoms with E-state index >= 15 is 0 Å². The Bertz CT molecular complexity index is 87.8. The minimum Gasteiger partial charge on any atom is -0.395 e. The number of aliphatic hydroxyl groups is 1. The molecule has 0 saturated carbocycles. The first kappa shape index (κ1) is 9.39. The maximum absolute atomic E-state index is 9.64. The van der Waals surface area contributed by atoms with E-state index in [2.05, 4.69) is 5.32 Å².